The van der Waals surface area contributed by atoms with Crippen LogP contribution in [0, 0.1) is 0 Å². The van der Waals surface area contributed by atoms with Crippen molar-refractivity contribution in [1.29, 1.82) is 0 Å². The molecule has 0 bridgehead atoms. The summed E-state index contributed by atoms with van der Waals surface area (Å²) in [5, 5.41) is 2.96. The second kappa shape index (κ2) is 9.37. The second-order valence-corrected chi connectivity index (χ2v) is 8.03. The van der Waals surface area contributed by atoms with E-state index in [4.69, 9.17) is 13.9 Å². The number of ether oxygens (including phenoxy) is 2. The lowest BCUT2D eigenvalue weighted by molar-refractivity contribution is -0.116. The summed E-state index contributed by atoms with van der Waals surface area (Å²) in [6.45, 7) is -0.400. The lowest BCUT2D eigenvalue weighted by atomic mass is 10.2. The highest BCUT2D eigenvalue weighted by Crippen LogP contribution is 2.30. The summed E-state index contributed by atoms with van der Waals surface area (Å²) >= 11 is 3.35. The largest absolute Gasteiger partial charge is 0.493 e. The summed E-state index contributed by atoms with van der Waals surface area (Å²) in [6.07, 6.45) is 1.46. The van der Waals surface area contributed by atoms with Crippen molar-refractivity contribution in [2.24, 2.45) is 0 Å². The molecule has 1 N–H and O–H groups in total. The van der Waals surface area contributed by atoms with Crippen LogP contribution in [0.25, 0.3) is 10.9 Å². The minimum atomic E-state index is -0.651. The lowest BCUT2D eigenvalue weighted by Gasteiger charge is -2.16. The number of hydrogen-bond donors (Lipinski definition) is 1. The molecular weight excluding hydrogens is 494 g/mol. The third kappa shape index (κ3) is 4.56. The number of aromatic nitrogens is 2. The molecule has 10 heteroatoms. The van der Waals surface area contributed by atoms with E-state index in [1.165, 1.54) is 37.2 Å². The number of carbonyl (C=O) groups excluding carboxylic acids is 1. The van der Waals surface area contributed by atoms with Crippen LogP contribution in [0.1, 0.15) is 5.76 Å². The Hall–Kier alpha value is -3.79. The van der Waals surface area contributed by atoms with Gasteiger partial charge in [-0.25, -0.2) is 4.79 Å². The molecule has 2 heterocycles. The van der Waals surface area contributed by atoms with Crippen LogP contribution in [0.15, 0.2) is 73.3 Å². The molecule has 0 aliphatic carbocycles. The Morgan fingerprint density at radius 3 is 2.36 bits per heavy atom. The Morgan fingerprint density at radius 1 is 1.03 bits per heavy atom. The molecule has 33 heavy (non-hydrogen) atoms. The van der Waals surface area contributed by atoms with Crippen molar-refractivity contribution in [3.63, 3.8) is 0 Å². The van der Waals surface area contributed by atoms with Gasteiger partial charge in [-0.1, -0.05) is 15.9 Å². The van der Waals surface area contributed by atoms with E-state index < -0.39 is 17.2 Å². The molecule has 0 saturated carbocycles. The molecule has 4 rings (SSSR count). The van der Waals surface area contributed by atoms with Gasteiger partial charge in [0.15, 0.2) is 11.5 Å². The minimum Gasteiger partial charge on any atom is -0.493 e. The van der Waals surface area contributed by atoms with Crippen LogP contribution in [0.5, 0.6) is 11.5 Å². The number of nitrogens with one attached hydrogen (secondary N) is 1. The van der Waals surface area contributed by atoms with E-state index in [0.717, 1.165) is 9.04 Å². The monoisotopic (exact) mass is 513 g/mol. The van der Waals surface area contributed by atoms with E-state index in [2.05, 4.69) is 21.2 Å². The van der Waals surface area contributed by atoms with E-state index in [1.807, 2.05) is 0 Å². The Morgan fingerprint density at radius 2 is 1.73 bits per heavy atom. The Labute approximate surface area is 196 Å². The van der Waals surface area contributed by atoms with Gasteiger partial charge >= 0.3 is 5.69 Å². The van der Waals surface area contributed by atoms with Gasteiger partial charge < -0.3 is 19.2 Å². The summed E-state index contributed by atoms with van der Waals surface area (Å²) in [7, 11) is 2.90. The first-order chi connectivity index (χ1) is 15.9. The zero-order valence-electron chi connectivity index (χ0n) is 17.8. The summed E-state index contributed by atoms with van der Waals surface area (Å²) in [4.78, 5) is 39.4. The molecule has 0 aliphatic rings. The molecule has 0 saturated heterocycles. The van der Waals surface area contributed by atoms with Crippen LogP contribution in [-0.2, 0) is 17.9 Å². The number of amides is 1. The molecule has 2 aromatic heterocycles. The SMILES string of the molecule is COc1cc2c(=O)n(Cc3ccco3)c(=O)n(CC(=O)Nc3ccc(Br)cc3)c2cc1OC. The normalized spacial score (nSPS) is 10.9. The summed E-state index contributed by atoms with van der Waals surface area (Å²) < 4.78 is 19.1. The number of fused-ring (bicyclic) bond motifs is 1. The zero-order valence-corrected chi connectivity index (χ0v) is 19.4. The molecule has 0 unspecified atom stereocenters. The van der Waals surface area contributed by atoms with Crippen molar-refractivity contribution in [2.75, 3.05) is 19.5 Å². The van der Waals surface area contributed by atoms with Crippen molar-refractivity contribution < 1.29 is 18.7 Å². The van der Waals surface area contributed by atoms with Gasteiger partial charge in [0.25, 0.3) is 5.56 Å². The molecule has 1 amide bonds. The average molecular weight is 514 g/mol. The molecule has 0 spiro atoms. The zero-order chi connectivity index (χ0) is 23.5. The number of carbonyl (C=O) groups is 1. The number of nitrogens with zero attached hydrogens (tertiary/aromatic N) is 2. The van der Waals surface area contributed by atoms with Crippen molar-refractivity contribution in [2.45, 2.75) is 13.1 Å². The molecule has 0 atom stereocenters. The Bertz CT molecular complexity index is 1420. The van der Waals surface area contributed by atoms with E-state index in [9.17, 15) is 14.4 Å². The topological polar surface area (TPSA) is 105 Å². The fraction of sp³-hybridized carbons (Fsp3) is 0.174. The number of hydrogen-bond acceptors (Lipinski definition) is 6. The van der Waals surface area contributed by atoms with Gasteiger partial charge in [0.05, 0.1) is 37.9 Å². The van der Waals surface area contributed by atoms with Gasteiger partial charge in [-0.2, -0.15) is 0 Å². The van der Waals surface area contributed by atoms with Crippen molar-refractivity contribution >= 4 is 38.4 Å². The predicted octanol–water partition coefficient (Wildman–Crippen LogP) is 3.22. The standard InChI is InChI=1S/C23H20BrN3O6/c1-31-19-10-17-18(11-20(19)32-2)26(13-21(28)25-15-7-5-14(24)6-8-15)23(30)27(22(17)29)12-16-4-3-9-33-16/h3-11H,12-13H2,1-2H3,(H,25,28). The van der Waals surface area contributed by atoms with Crippen molar-refractivity contribution in [3.8, 4) is 11.5 Å². The van der Waals surface area contributed by atoms with Gasteiger partial charge in [0, 0.05) is 16.2 Å². The third-order valence-corrected chi connectivity index (χ3v) is 5.58. The van der Waals surface area contributed by atoms with Crippen LogP contribution in [0.3, 0.4) is 0 Å². The highest BCUT2D eigenvalue weighted by atomic mass is 79.9. The maximum Gasteiger partial charge on any atom is 0.332 e. The van der Waals surface area contributed by atoms with Crippen LogP contribution in [0.4, 0.5) is 5.69 Å². The van der Waals surface area contributed by atoms with Crippen LogP contribution < -0.4 is 26.0 Å². The molecule has 2 aromatic carbocycles. The molecule has 9 nitrogen and oxygen atoms in total. The van der Waals surface area contributed by atoms with Gasteiger partial charge in [-0.15, -0.1) is 0 Å². The second-order valence-electron chi connectivity index (χ2n) is 7.12. The maximum atomic E-state index is 13.3. The molecule has 4 aromatic rings. The molecule has 0 radical (unpaired) electrons. The van der Waals surface area contributed by atoms with E-state index in [-0.39, 0.29) is 24.0 Å². The summed E-state index contributed by atoms with van der Waals surface area (Å²) in [5.74, 6) is 0.657. The Balaban J connectivity index is 1.84. The average Bonchev–Trinajstić information content (AvgIpc) is 3.33. The number of rotatable bonds is 7. The van der Waals surface area contributed by atoms with Gasteiger partial charge in [-0.05, 0) is 42.5 Å². The fourth-order valence-corrected chi connectivity index (χ4v) is 3.74. The van der Waals surface area contributed by atoms with Crippen LogP contribution in [-0.4, -0.2) is 29.3 Å². The van der Waals surface area contributed by atoms with E-state index in [1.54, 1.807) is 36.4 Å². The predicted molar refractivity (Wildman–Crippen MR) is 126 cm³/mol. The number of furan rings is 1. The smallest absolute Gasteiger partial charge is 0.332 e. The number of methoxy groups -OCH3 is 2. The number of anilines is 1. The van der Waals surface area contributed by atoms with Crippen molar-refractivity contribution in [1.82, 2.24) is 9.13 Å². The van der Waals surface area contributed by atoms with E-state index in [0.29, 0.717) is 22.9 Å². The third-order valence-electron chi connectivity index (χ3n) is 5.05. The number of benzene rings is 2. The minimum absolute atomic E-state index is 0.0801. The molecular formula is C23H20BrN3O6. The Kier molecular flexibility index (Phi) is 6.36. The highest BCUT2D eigenvalue weighted by Gasteiger charge is 2.19. The summed E-state index contributed by atoms with van der Waals surface area (Å²) in [6, 6.07) is 13.4. The first kappa shape index (κ1) is 22.4. The quantitative estimate of drug-likeness (QED) is 0.406. The molecule has 0 fully saturated rings. The summed E-state index contributed by atoms with van der Waals surface area (Å²) in [5.41, 5.74) is -0.355. The van der Waals surface area contributed by atoms with E-state index >= 15 is 0 Å². The van der Waals surface area contributed by atoms with Crippen LogP contribution in [0.2, 0.25) is 0 Å². The van der Waals surface area contributed by atoms with Crippen LogP contribution >= 0.6 is 15.9 Å². The molecule has 170 valence electrons. The van der Waals surface area contributed by atoms with Gasteiger partial charge in [-0.3, -0.25) is 18.7 Å². The number of halogens is 1. The van der Waals surface area contributed by atoms with Gasteiger partial charge in [0.2, 0.25) is 5.91 Å². The highest BCUT2D eigenvalue weighted by molar-refractivity contribution is 9.10. The molecule has 0 aliphatic heterocycles. The fourth-order valence-electron chi connectivity index (χ4n) is 3.47. The van der Waals surface area contributed by atoms with Gasteiger partial charge in [0.1, 0.15) is 12.3 Å². The first-order valence-electron chi connectivity index (χ1n) is 9.88. The maximum absolute atomic E-state index is 13.3. The first-order valence-corrected chi connectivity index (χ1v) is 10.7. The lowest BCUT2D eigenvalue weighted by Crippen LogP contribution is -2.42. The van der Waals surface area contributed by atoms with Crippen molar-refractivity contribution in [3.05, 3.63) is 85.9 Å².